The number of anilines is 1. The van der Waals surface area contributed by atoms with E-state index in [1.165, 1.54) is 50.0 Å². The van der Waals surface area contributed by atoms with Crippen LogP contribution in [0.15, 0.2) is 24.3 Å². The van der Waals surface area contributed by atoms with Crippen LogP contribution in [0.1, 0.15) is 31.7 Å². The van der Waals surface area contributed by atoms with Crippen LogP contribution < -0.4 is 10.2 Å². The third-order valence-corrected chi connectivity index (χ3v) is 4.23. The second-order valence-electron chi connectivity index (χ2n) is 5.46. The van der Waals surface area contributed by atoms with E-state index in [2.05, 4.69) is 41.4 Å². The van der Waals surface area contributed by atoms with Crippen molar-refractivity contribution in [1.29, 1.82) is 0 Å². The summed E-state index contributed by atoms with van der Waals surface area (Å²) in [5.74, 6) is 0. The lowest BCUT2D eigenvalue weighted by molar-refractivity contribution is 0.536. The van der Waals surface area contributed by atoms with E-state index in [-0.39, 0.29) is 0 Å². The fourth-order valence-electron chi connectivity index (χ4n) is 3.27. The van der Waals surface area contributed by atoms with Crippen molar-refractivity contribution in [3.63, 3.8) is 0 Å². The molecular formula is C15H22N2. The largest absolute Gasteiger partial charge is 0.368 e. The van der Waals surface area contributed by atoms with E-state index in [4.69, 9.17) is 0 Å². The Morgan fingerprint density at radius 2 is 2.24 bits per heavy atom. The van der Waals surface area contributed by atoms with Crippen LogP contribution in [0, 0.1) is 0 Å². The van der Waals surface area contributed by atoms with Gasteiger partial charge >= 0.3 is 0 Å². The van der Waals surface area contributed by atoms with E-state index in [0.717, 1.165) is 6.04 Å². The predicted molar refractivity (Wildman–Crippen MR) is 72.6 cm³/mol. The van der Waals surface area contributed by atoms with Crippen LogP contribution in [0.25, 0.3) is 0 Å². The smallest absolute Gasteiger partial charge is 0.0402 e. The number of benzene rings is 1. The molecule has 2 nitrogen and oxygen atoms in total. The highest BCUT2D eigenvalue weighted by Crippen LogP contribution is 2.32. The van der Waals surface area contributed by atoms with E-state index in [9.17, 15) is 0 Å². The van der Waals surface area contributed by atoms with Crippen LogP contribution in [0.2, 0.25) is 0 Å². The van der Waals surface area contributed by atoms with E-state index in [1.807, 2.05) is 0 Å². The number of fused-ring (bicyclic) bond motifs is 1. The fourth-order valence-corrected chi connectivity index (χ4v) is 3.27. The third kappa shape index (κ3) is 2.19. The van der Waals surface area contributed by atoms with Crippen molar-refractivity contribution in [2.24, 2.45) is 0 Å². The summed E-state index contributed by atoms with van der Waals surface area (Å²) in [6.07, 6.45) is 5.23. The number of nitrogens with one attached hydrogen (secondary N) is 1. The topological polar surface area (TPSA) is 15.3 Å². The molecule has 2 aliphatic rings. The normalized spacial score (nSPS) is 27.5. The average molecular weight is 230 g/mol. The molecule has 1 fully saturated rings. The molecule has 2 heteroatoms. The monoisotopic (exact) mass is 230 g/mol. The van der Waals surface area contributed by atoms with Crippen molar-refractivity contribution in [2.75, 3.05) is 18.0 Å². The molecule has 1 saturated heterocycles. The first kappa shape index (κ1) is 11.1. The summed E-state index contributed by atoms with van der Waals surface area (Å²) in [7, 11) is 0. The van der Waals surface area contributed by atoms with Gasteiger partial charge in [-0.1, -0.05) is 18.2 Å². The minimum atomic E-state index is 0.675. The maximum absolute atomic E-state index is 3.59. The lowest BCUT2D eigenvalue weighted by Crippen LogP contribution is -2.34. The van der Waals surface area contributed by atoms with Gasteiger partial charge < -0.3 is 10.2 Å². The van der Waals surface area contributed by atoms with Gasteiger partial charge in [-0.2, -0.15) is 0 Å². The lowest BCUT2D eigenvalue weighted by Gasteiger charge is -2.26. The summed E-state index contributed by atoms with van der Waals surface area (Å²) in [6, 6.07) is 10.3. The number of hydrogen-bond acceptors (Lipinski definition) is 2. The van der Waals surface area contributed by atoms with Crippen molar-refractivity contribution >= 4 is 5.69 Å². The molecule has 92 valence electrons. The van der Waals surface area contributed by atoms with Crippen molar-refractivity contribution in [1.82, 2.24) is 5.32 Å². The minimum Gasteiger partial charge on any atom is -0.368 e. The Morgan fingerprint density at radius 3 is 3.06 bits per heavy atom. The quantitative estimate of drug-likeness (QED) is 0.858. The molecular weight excluding hydrogens is 208 g/mol. The maximum atomic E-state index is 3.59. The van der Waals surface area contributed by atoms with E-state index in [0.29, 0.717) is 6.04 Å². The Kier molecular flexibility index (Phi) is 3.06. The molecule has 17 heavy (non-hydrogen) atoms. The Balaban J connectivity index is 1.66. The first-order valence-corrected chi connectivity index (χ1v) is 6.92. The molecule has 2 unspecified atom stereocenters. The molecule has 2 atom stereocenters. The maximum Gasteiger partial charge on any atom is 0.0402 e. The fraction of sp³-hybridized carbons (Fsp3) is 0.600. The van der Waals surface area contributed by atoms with Crippen molar-refractivity contribution in [2.45, 2.75) is 44.7 Å². The highest BCUT2D eigenvalue weighted by Gasteiger charge is 2.26. The molecule has 1 aromatic carbocycles. The summed E-state index contributed by atoms with van der Waals surface area (Å²) in [5.41, 5.74) is 3.00. The van der Waals surface area contributed by atoms with E-state index in [1.54, 1.807) is 0 Å². The summed E-state index contributed by atoms with van der Waals surface area (Å²) < 4.78 is 0. The van der Waals surface area contributed by atoms with Crippen LogP contribution in [-0.2, 0) is 6.42 Å². The molecule has 0 aliphatic carbocycles. The third-order valence-electron chi connectivity index (χ3n) is 4.23. The Morgan fingerprint density at radius 1 is 1.35 bits per heavy atom. The molecule has 2 aliphatic heterocycles. The van der Waals surface area contributed by atoms with Crippen LogP contribution >= 0.6 is 0 Å². The van der Waals surface area contributed by atoms with Crippen LogP contribution in [0.3, 0.4) is 0 Å². The first-order chi connectivity index (χ1) is 8.34. The number of para-hydroxylation sites is 1. The van der Waals surface area contributed by atoms with Gasteiger partial charge in [0.15, 0.2) is 0 Å². The van der Waals surface area contributed by atoms with Gasteiger partial charge in [0, 0.05) is 24.3 Å². The zero-order chi connectivity index (χ0) is 11.7. The van der Waals surface area contributed by atoms with Gasteiger partial charge in [0.05, 0.1) is 0 Å². The standard InChI is InChI=1S/C15H22N2/c1-12-11-13-5-2-3-7-15(13)17(12)10-8-14-6-4-9-16-14/h2-3,5,7,12,14,16H,4,6,8-11H2,1H3. The molecule has 1 aromatic rings. The Hall–Kier alpha value is -1.02. The van der Waals surface area contributed by atoms with Gasteiger partial charge in [0.25, 0.3) is 0 Å². The van der Waals surface area contributed by atoms with Gasteiger partial charge in [-0.25, -0.2) is 0 Å². The zero-order valence-electron chi connectivity index (χ0n) is 10.7. The summed E-state index contributed by atoms with van der Waals surface area (Å²) in [5, 5.41) is 3.59. The van der Waals surface area contributed by atoms with Crippen LogP contribution in [-0.4, -0.2) is 25.2 Å². The van der Waals surface area contributed by atoms with Crippen LogP contribution in [0.4, 0.5) is 5.69 Å². The highest BCUT2D eigenvalue weighted by atomic mass is 15.2. The van der Waals surface area contributed by atoms with Crippen molar-refractivity contribution < 1.29 is 0 Å². The van der Waals surface area contributed by atoms with Gasteiger partial charge in [-0.15, -0.1) is 0 Å². The second kappa shape index (κ2) is 4.69. The predicted octanol–water partition coefficient (Wildman–Crippen LogP) is 2.58. The molecule has 0 radical (unpaired) electrons. The number of hydrogen-bond donors (Lipinski definition) is 1. The second-order valence-corrected chi connectivity index (χ2v) is 5.46. The number of nitrogens with zero attached hydrogens (tertiary/aromatic N) is 1. The number of rotatable bonds is 3. The van der Waals surface area contributed by atoms with Crippen molar-refractivity contribution in [3.8, 4) is 0 Å². The molecule has 2 heterocycles. The average Bonchev–Trinajstić information content (AvgIpc) is 2.93. The van der Waals surface area contributed by atoms with Crippen molar-refractivity contribution in [3.05, 3.63) is 29.8 Å². The SMILES string of the molecule is CC1Cc2ccccc2N1CCC1CCCN1. The van der Waals surface area contributed by atoms with E-state index < -0.39 is 0 Å². The molecule has 1 N–H and O–H groups in total. The van der Waals surface area contributed by atoms with Gasteiger partial charge in [0.1, 0.15) is 0 Å². The summed E-state index contributed by atoms with van der Waals surface area (Å²) in [6.45, 7) is 4.77. The first-order valence-electron chi connectivity index (χ1n) is 6.92. The Labute approximate surface area is 104 Å². The lowest BCUT2D eigenvalue weighted by atomic mass is 10.1. The zero-order valence-corrected chi connectivity index (χ0v) is 10.7. The summed E-state index contributed by atoms with van der Waals surface area (Å²) in [4.78, 5) is 2.59. The molecule has 3 rings (SSSR count). The van der Waals surface area contributed by atoms with Gasteiger partial charge in [0.2, 0.25) is 0 Å². The minimum absolute atomic E-state index is 0.675. The molecule has 0 bridgehead atoms. The molecule has 0 amide bonds. The molecule has 0 saturated carbocycles. The molecule has 0 aromatic heterocycles. The van der Waals surface area contributed by atoms with E-state index >= 15 is 0 Å². The van der Waals surface area contributed by atoms with Gasteiger partial charge in [-0.3, -0.25) is 0 Å². The summed E-state index contributed by atoms with van der Waals surface area (Å²) >= 11 is 0. The highest BCUT2D eigenvalue weighted by molar-refractivity contribution is 5.59. The molecule has 0 spiro atoms. The van der Waals surface area contributed by atoms with Gasteiger partial charge in [-0.05, 0) is 50.8 Å². The van der Waals surface area contributed by atoms with Crippen LogP contribution in [0.5, 0.6) is 0 Å². The Bertz CT molecular complexity index is 382.